The van der Waals surface area contributed by atoms with E-state index in [0.29, 0.717) is 0 Å². The first-order valence-corrected chi connectivity index (χ1v) is 9.18. The minimum atomic E-state index is -0.989. The van der Waals surface area contributed by atoms with E-state index in [1.165, 1.54) is 13.8 Å². The number of hydrogen-bond donors (Lipinski definition) is 0. The molecule has 8 nitrogen and oxygen atoms in total. The van der Waals surface area contributed by atoms with Crippen molar-refractivity contribution in [1.82, 2.24) is 0 Å². The predicted molar refractivity (Wildman–Crippen MR) is 99.2 cm³/mol. The Bertz CT molecular complexity index is 595. The van der Waals surface area contributed by atoms with Gasteiger partial charge in [-0.05, 0) is 41.5 Å². The molecule has 0 aliphatic carbocycles. The second kappa shape index (κ2) is 8.32. The fourth-order valence-electron chi connectivity index (χ4n) is 2.91. The number of carbonyl (C=O) groups is 2. The summed E-state index contributed by atoms with van der Waals surface area (Å²) in [5.41, 5.74) is 0.411. The minimum absolute atomic E-state index is 0.152. The molecule has 2 saturated heterocycles. The van der Waals surface area contributed by atoms with Gasteiger partial charge in [0, 0.05) is 11.1 Å². The van der Waals surface area contributed by atoms with Crippen LogP contribution in [0.15, 0.2) is 24.3 Å². The highest BCUT2D eigenvalue weighted by molar-refractivity contribution is 5.88. The Hall–Kier alpha value is -1.74. The van der Waals surface area contributed by atoms with Crippen molar-refractivity contribution in [3.05, 3.63) is 24.3 Å². The van der Waals surface area contributed by atoms with Crippen LogP contribution in [-0.4, -0.2) is 61.1 Å². The number of carbonyl (C=O) groups excluding carboxylic acids is 2. The Labute approximate surface area is 165 Å². The van der Waals surface area contributed by atoms with Crippen LogP contribution in [-0.2, 0) is 38.0 Å². The molecule has 2 heterocycles. The van der Waals surface area contributed by atoms with Crippen LogP contribution in [0.5, 0.6) is 0 Å². The second-order valence-electron chi connectivity index (χ2n) is 8.03. The van der Waals surface area contributed by atoms with Crippen molar-refractivity contribution in [2.75, 3.05) is 13.2 Å². The van der Waals surface area contributed by atoms with Gasteiger partial charge in [-0.1, -0.05) is 13.2 Å². The van der Waals surface area contributed by atoms with Crippen LogP contribution in [0.1, 0.15) is 41.5 Å². The Balaban J connectivity index is 2.35. The van der Waals surface area contributed by atoms with Crippen molar-refractivity contribution < 1.29 is 38.0 Å². The van der Waals surface area contributed by atoms with E-state index in [1.54, 1.807) is 27.7 Å². The quantitative estimate of drug-likeness (QED) is 0.477. The number of rotatable bonds is 7. The van der Waals surface area contributed by atoms with Crippen molar-refractivity contribution >= 4 is 11.9 Å². The van der Waals surface area contributed by atoms with Gasteiger partial charge < -0.3 is 28.4 Å². The molecule has 0 aromatic heterocycles. The van der Waals surface area contributed by atoms with E-state index in [9.17, 15) is 9.59 Å². The van der Waals surface area contributed by atoms with Crippen LogP contribution in [0.2, 0.25) is 0 Å². The molecule has 4 atom stereocenters. The molecular weight excluding hydrogens is 368 g/mol. The fraction of sp³-hybridized carbons (Fsp3) is 0.700. The van der Waals surface area contributed by atoms with Crippen molar-refractivity contribution in [3.63, 3.8) is 0 Å². The van der Waals surface area contributed by atoms with Crippen molar-refractivity contribution in [2.24, 2.45) is 0 Å². The van der Waals surface area contributed by atoms with E-state index in [0.717, 1.165) is 0 Å². The monoisotopic (exact) mass is 398 g/mol. The summed E-state index contributed by atoms with van der Waals surface area (Å²) in [6, 6.07) is 0. The average Bonchev–Trinajstić information content (AvgIpc) is 3.11. The van der Waals surface area contributed by atoms with E-state index in [1.807, 2.05) is 0 Å². The standard InChI is InChI=1S/C20H30O8/c1-11(2)17(21)25-15(13-9-23-19(5,6)27-13)16(26-18(22)12(3)4)14-10-24-20(7,8)28-14/h13-16H,1,3,9-10H2,2,4-8H3/t13-,14-,15+,16+/m0/s1. The molecule has 0 aromatic rings. The van der Waals surface area contributed by atoms with Crippen LogP contribution in [0, 0.1) is 0 Å². The Kier molecular flexibility index (Phi) is 6.70. The lowest BCUT2D eigenvalue weighted by Gasteiger charge is -2.33. The SMILES string of the molecule is C=C(C)C(=O)O[C@@H]([C@H](OC(=O)C(=C)C)[C@@H]1COC(C)(C)O1)[C@@H]1COC(C)(C)O1. The molecule has 0 saturated carbocycles. The molecule has 0 spiro atoms. The smallest absolute Gasteiger partial charge is 0.333 e. The maximum atomic E-state index is 12.3. The molecule has 2 rings (SSSR count). The Morgan fingerprint density at radius 3 is 1.36 bits per heavy atom. The summed E-state index contributed by atoms with van der Waals surface area (Å²) in [6.07, 6.45) is -3.32. The number of esters is 2. The second-order valence-corrected chi connectivity index (χ2v) is 8.03. The van der Waals surface area contributed by atoms with Gasteiger partial charge in [0.25, 0.3) is 0 Å². The first-order valence-electron chi connectivity index (χ1n) is 9.18. The normalized spacial score (nSPS) is 27.6. The molecule has 0 radical (unpaired) electrons. The lowest BCUT2D eigenvalue weighted by Crippen LogP contribution is -2.52. The zero-order valence-electron chi connectivity index (χ0n) is 17.4. The Morgan fingerprint density at radius 2 is 1.14 bits per heavy atom. The van der Waals surface area contributed by atoms with Crippen LogP contribution in [0.4, 0.5) is 0 Å². The molecule has 0 aromatic carbocycles. The summed E-state index contributed by atoms with van der Waals surface area (Å²) in [5, 5.41) is 0. The zero-order chi connectivity index (χ0) is 21.3. The highest BCUT2D eigenvalue weighted by Gasteiger charge is 2.50. The van der Waals surface area contributed by atoms with Gasteiger partial charge in [0.05, 0.1) is 13.2 Å². The zero-order valence-corrected chi connectivity index (χ0v) is 17.4. The molecule has 0 amide bonds. The molecule has 0 unspecified atom stereocenters. The van der Waals surface area contributed by atoms with E-state index in [2.05, 4.69) is 13.2 Å². The van der Waals surface area contributed by atoms with Gasteiger partial charge in [-0.15, -0.1) is 0 Å². The summed E-state index contributed by atoms with van der Waals surface area (Å²) >= 11 is 0. The van der Waals surface area contributed by atoms with Crippen LogP contribution >= 0.6 is 0 Å². The van der Waals surface area contributed by atoms with Gasteiger partial charge in [0.2, 0.25) is 0 Å². The molecule has 0 bridgehead atoms. The highest BCUT2D eigenvalue weighted by atomic mass is 16.8. The largest absolute Gasteiger partial charge is 0.452 e. The summed E-state index contributed by atoms with van der Waals surface area (Å²) in [6.45, 7) is 17.6. The molecule has 2 aliphatic heterocycles. The van der Waals surface area contributed by atoms with E-state index < -0.39 is 47.9 Å². The predicted octanol–water partition coefficient (Wildman–Crippen LogP) is 2.27. The third-order valence-electron chi connectivity index (χ3n) is 4.30. The third-order valence-corrected chi connectivity index (χ3v) is 4.30. The van der Waals surface area contributed by atoms with Crippen molar-refractivity contribution in [1.29, 1.82) is 0 Å². The average molecular weight is 398 g/mol. The summed E-state index contributed by atoms with van der Waals surface area (Å²) in [7, 11) is 0. The maximum absolute atomic E-state index is 12.3. The molecule has 2 fully saturated rings. The van der Waals surface area contributed by atoms with Crippen LogP contribution in [0.25, 0.3) is 0 Å². The molecule has 28 heavy (non-hydrogen) atoms. The van der Waals surface area contributed by atoms with Gasteiger partial charge in [0.1, 0.15) is 12.2 Å². The summed E-state index contributed by atoms with van der Waals surface area (Å²) in [4.78, 5) is 24.6. The fourth-order valence-corrected chi connectivity index (χ4v) is 2.91. The van der Waals surface area contributed by atoms with E-state index in [-0.39, 0.29) is 24.4 Å². The third kappa shape index (κ3) is 5.64. The Morgan fingerprint density at radius 1 is 0.821 bits per heavy atom. The van der Waals surface area contributed by atoms with Gasteiger partial charge in [-0.3, -0.25) is 0 Å². The molecule has 8 heteroatoms. The number of ether oxygens (including phenoxy) is 6. The molecule has 158 valence electrons. The first kappa shape index (κ1) is 22.5. The van der Waals surface area contributed by atoms with E-state index >= 15 is 0 Å². The van der Waals surface area contributed by atoms with Crippen molar-refractivity contribution in [3.8, 4) is 0 Å². The first-order chi connectivity index (χ1) is 12.8. The van der Waals surface area contributed by atoms with Crippen LogP contribution in [0.3, 0.4) is 0 Å². The lowest BCUT2D eigenvalue weighted by molar-refractivity contribution is -0.205. The molecule has 0 N–H and O–H groups in total. The van der Waals surface area contributed by atoms with E-state index in [4.69, 9.17) is 28.4 Å². The summed E-state index contributed by atoms with van der Waals surface area (Å²) in [5.74, 6) is -3.00. The van der Waals surface area contributed by atoms with Gasteiger partial charge in [-0.2, -0.15) is 0 Å². The van der Waals surface area contributed by atoms with Gasteiger partial charge in [-0.25, -0.2) is 9.59 Å². The minimum Gasteiger partial charge on any atom is -0.452 e. The topological polar surface area (TPSA) is 89.5 Å². The van der Waals surface area contributed by atoms with Crippen molar-refractivity contribution in [2.45, 2.75) is 77.5 Å². The summed E-state index contributed by atoms with van der Waals surface area (Å²) < 4.78 is 34.3. The van der Waals surface area contributed by atoms with Gasteiger partial charge >= 0.3 is 11.9 Å². The lowest BCUT2D eigenvalue weighted by atomic mass is 10.0. The number of hydrogen-bond acceptors (Lipinski definition) is 8. The molecular formula is C20H30O8. The molecule has 2 aliphatic rings. The van der Waals surface area contributed by atoms with Gasteiger partial charge in [0.15, 0.2) is 23.8 Å². The van der Waals surface area contributed by atoms with Crippen LogP contribution < -0.4 is 0 Å². The maximum Gasteiger partial charge on any atom is 0.333 e. The highest BCUT2D eigenvalue weighted by Crippen LogP contribution is 2.33.